The lowest BCUT2D eigenvalue weighted by Crippen LogP contribution is -2.38. The highest BCUT2D eigenvalue weighted by Gasteiger charge is 2.06. The molecule has 0 aliphatic heterocycles. The average molecular weight is 144 g/mol. The third-order valence-electron chi connectivity index (χ3n) is 0.699. The number of rotatable bonds is 5. The first kappa shape index (κ1) is 8.28. The minimum Gasteiger partial charge on any atom is -0.276 e. The summed E-state index contributed by atoms with van der Waals surface area (Å²) in [5.41, 5.74) is 0. The number of nitrogens with zero attached hydrogens (tertiary/aromatic N) is 2. The van der Waals surface area contributed by atoms with Gasteiger partial charge in [-0.3, -0.25) is 19.2 Å². The maximum Gasteiger partial charge on any atom is 0.235 e. The molecule has 0 saturated heterocycles. The van der Waals surface area contributed by atoms with Crippen LogP contribution in [0.25, 0.3) is 0 Å². The number of amides is 4. The maximum absolute atomic E-state index is 9.83. The Morgan fingerprint density at radius 3 is 0.900 bits per heavy atom. The van der Waals surface area contributed by atoms with Crippen molar-refractivity contribution >= 4 is 25.6 Å². The van der Waals surface area contributed by atoms with E-state index in [1.54, 1.807) is 0 Å². The van der Waals surface area contributed by atoms with E-state index in [9.17, 15) is 19.2 Å². The zero-order valence-electron chi connectivity index (χ0n) is 4.84. The second-order valence-electron chi connectivity index (χ2n) is 1.18. The Balaban J connectivity index is 4.20. The predicted molar refractivity (Wildman–Crippen MR) is 27.9 cm³/mol. The molecule has 0 rings (SSSR count). The summed E-state index contributed by atoms with van der Waals surface area (Å²) >= 11 is 0. The molecule has 0 radical (unpaired) electrons. The first-order valence-corrected chi connectivity index (χ1v) is 2.18. The van der Waals surface area contributed by atoms with Crippen molar-refractivity contribution < 1.29 is 19.2 Å². The summed E-state index contributed by atoms with van der Waals surface area (Å²) in [7, 11) is 0. The Hall–Kier alpha value is -1.72. The van der Waals surface area contributed by atoms with Crippen LogP contribution in [0.5, 0.6) is 0 Å². The SMILES string of the molecule is O=CN(C=O)N(C=O)C=O. The van der Waals surface area contributed by atoms with Gasteiger partial charge in [0.2, 0.25) is 25.6 Å². The number of hydrogen-bond acceptors (Lipinski definition) is 4. The van der Waals surface area contributed by atoms with Crippen LogP contribution in [-0.4, -0.2) is 35.7 Å². The van der Waals surface area contributed by atoms with Gasteiger partial charge in [-0.2, -0.15) is 10.0 Å². The second kappa shape index (κ2) is 4.19. The molecule has 0 aromatic heterocycles. The summed E-state index contributed by atoms with van der Waals surface area (Å²) in [6, 6.07) is 0. The minimum absolute atomic E-state index is 0.0375. The molecule has 0 bridgehead atoms. The predicted octanol–water partition coefficient (Wildman–Crippen LogP) is -1.87. The summed E-state index contributed by atoms with van der Waals surface area (Å²) in [5.74, 6) is 0. The highest BCUT2D eigenvalue weighted by molar-refractivity contribution is 5.78. The van der Waals surface area contributed by atoms with Gasteiger partial charge in [0.25, 0.3) is 0 Å². The fourth-order valence-electron chi connectivity index (χ4n) is 0.267. The van der Waals surface area contributed by atoms with E-state index in [2.05, 4.69) is 0 Å². The molecule has 0 N–H and O–H groups in total. The maximum atomic E-state index is 9.83. The van der Waals surface area contributed by atoms with Crippen LogP contribution in [-0.2, 0) is 19.2 Å². The Bertz CT molecular complexity index is 123. The first-order valence-electron chi connectivity index (χ1n) is 2.18. The van der Waals surface area contributed by atoms with E-state index >= 15 is 0 Å². The molecule has 54 valence electrons. The van der Waals surface area contributed by atoms with Crippen LogP contribution < -0.4 is 0 Å². The zero-order valence-corrected chi connectivity index (χ0v) is 4.84. The van der Waals surface area contributed by atoms with Gasteiger partial charge in [0.1, 0.15) is 0 Å². The Kier molecular flexibility index (Phi) is 3.47. The number of carbonyl (C=O) groups excluding carboxylic acids is 4. The van der Waals surface area contributed by atoms with E-state index in [4.69, 9.17) is 0 Å². The number of carbonyl (C=O) groups is 4. The molecule has 10 heavy (non-hydrogen) atoms. The number of hydrazine groups is 1. The van der Waals surface area contributed by atoms with Crippen molar-refractivity contribution in [2.75, 3.05) is 0 Å². The van der Waals surface area contributed by atoms with Crippen molar-refractivity contribution in [2.45, 2.75) is 0 Å². The lowest BCUT2D eigenvalue weighted by atomic mass is 10.9. The van der Waals surface area contributed by atoms with Crippen molar-refractivity contribution in [1.82, 2.24) is 10.0 Å². The van der Waals surface area contributed by atoms with Crippen LogP contribution in [0, 0.1) is 0 Å². The van der Waals surface area contributed by atoms with Gasteiger partial charge in [0.15, 0.2) is 0 Å². The molecule has 0 spiro atoms. The Labute approximate surface area is 56.0 Å². The topological polar surface area (TPSA) is 74.8 Å². The van der Waals surface area contributed by atoms with E-state index in [0.29, 0.717) is 0 Å². The lowest BCUT2D eigenvalue weighted by molar-refractivity contribution is -0.159. The van der Waals surface area contributed by atoms with Crippen LogP contribution in [0.1, 0.15) is 0 Å². The van der Waals surface area contributed by atoms with Crippen LogP contribution in [0.15, 0.2) is 0 Å². The molecule has 0 aliphatic rings. The van der Waals surface area contributed by atoms with Gasteiger partial charge in [0, 0.05) is 0 Å². The Morgan fingerprint density at radius 2 is 0.800 bits per heavy atom. The number of hydrogen-bond donors (Lipinski definition) is 0. The molecule has 0 aromatic rings. The van der Waals surface area contributed by atoms with Crippen LogP contribution in [0.3, 0.4) is 0 Å². The van der Waals surface area contributed by atoms with Crippen molar-refractivity contribution in [3.05, 3.63) is 0 Å². The molecular formula is C4H4N2O4. The van der Waals surface area contributed by atoms with Gasteiger partial charge in [-0.15, -0.1) is 0 Å². The van der Waals surface area contributed by atoms with E-state index in [1.165, 1.54) is 0 Å². The molecule has 0 aliphatic carbocycles. The van der Waals surface area contributed by atoms with Gasteiger partial charge < -0.3 is 0 Å². The monoisotopic (exact) mass is 144 g/mol. The summed E-state index contributed by atoms with van der Waals surface area (Å²) in [4.78, 5) is 39.3. The summed E-state index contributed by atoms with van der Waals surface area (Å²) < 4.78 is 0. The molecule has 0 fully saturated rings. The largest absolute Gasteiger partial charge is 0.276 e. The normalized spacial score (nSPS) is 7.60. The molecule has 0 aromatic carbocycles. The minimum atomic E-state index is 0.0375. The van der Waals surface area contributed by atoms with E-state index < -0.39 is 0 Å². The fourth-order valence-corrected chi connectivity index (χ4v) is 0.267. The van der Waals surface area contributed by atoms with Gasteiger partial charge in [-0.1, -0.05) is 0 Å². The van der Waals surface area contributed by atoms with E-state index in [0.717, 1.165) is 0 Å². The van der Waals surface area contributed by atoms with Crippen LogP contribution >= 0.6 is 0 Å². The summed E-state index contributed by atoms with van der Waals surface area (Å²) in [5, 5.41) is 0.528. The fraction of sp³-hybridized carbons (Fsp3) is 0. The zero-order chi connectivity index (χ0) is 7.98. The third-order valence-corrected chi connectivity index (χ3v) is 0.699. The molecule has 0 atom stereocenters. The van der Waals surface area contributed by atoms with Crippen molar-refractivity contribution in [1.29, 1.82) is 0 Å². The van der Waals surface area contributed by atoms with Crippen molar-refractivity contribution in [3.8, 4) is 0 Å². The third kappa shape index (κ3) is 1.66. The van der Waals surface area contributed by atoms with Gasteiger partial charge in [-0.05, 0) is 0 Å². The van der Waals surface area contributed by atoms with Crippen LogP contribution in [0.2, 0.25) is 0 Å². The standard InChI is InChI=1S/C4H4N2O4/c7-1-5(2-8)6(3-9)4-10/h1-4H. The van der Waals surface area contributed by atoms with Gasteiger partial charge in [0.05, 0.1) is 0 Å². The molecule has 0 unspecified atom stereocenters. The molecular weight excluding hydrogens is 140 g/mol. The smallest absolute Gasteiger partial charge is 0.235 e. The number of imide groups is 2. The van der Waals surface area contributed by atoms with Gasteiger partial charge >= 0.3 is 0 Å². The van der Waals surface area contributed by atoms with Crippen LogP contribution in [0.4, 0.5) is 0 Å². The Morgan fingerprint density at radius 1 is 0.600 bits per heavy atom. The second-order valence-corrected chi connectivity index (χ2v) is 1.18. The van der Waals surface area contributed by atoms with Crippen molar-refractivity contribution in [3.63, 3.8) is 0 Å². The average Bonchev–Trinajstić information content (AvgIpc) is 2.00. The highest BCUT2D eigenvalue weighted by atomic mass is 16.2. The quantitative estimate of drug-likeness (QED) is 0.334. The molecule has 0 saturated carbocycles. The molecule has 4 amide bonds. The first-order chi connectivity index (χ1) is 4.79. The van der Waals surface area contributed by atoms with Crippen molar-refractivity contribution in [2.24, 2.45) is 0 Å². The molecule has 0 heterocycles. The highest BCUT2D eigenvalue weighted by Crippen LogP contribution is 1.79. The van der Waals surface area contributed by atoms with E-state index in [-0.39, 0.29) is 35.7 Å². The summed E-state index contributed by atoms with van der Waals surface area (Å²) in [6.07, 6.45) is 0.150. The van der Waals surface area contributed by atoms with Gasteiger partial charge in [-0.25, -0.2) is 0 Å². The lowest BCUT2D eigenvalue weighted by Gasteiger charge is -2.13. The molecule has 6 heteroatoms. The molecule has 6 nitrogen and oxygen atoms in total. The summed E-state index contributed by atoms with van der Waals surface area (Å²) in [6.45, 7) is 0. The van der Waals surface area contributed by atoms with E-state index in [1.807, 2.05) is 0 Å².